The van der Waals surface area contributed by atoms with Crippen LogP contribution in [0.3, 0.4) is 0 Å². The highest BCUT2D eigenvalue weighted by atomic mass is 19.1. The van der Waals surface area contributed by atoms with Crippen molar-refractivity contribution in [2.24, 2.45) is 0 Å². The SMILES string of the molecule is O=C1CCC(NC(=O)c2cccnc2)C(c2ccc(F)cc2)N1. The summed E-state index contributed by atoms with van der Waals surface area (Å²) in [6.45, 7) is 0. The molecule has 3 rings (SSSR count). The van der Waals surface area contributed by atoms with Gasteiger partial charge in [0.2, 0.25) is 5.91 Å². The highest BCUT2D eigenvalue weighted by molar-refractivity contribution is 5.94. The van der Waals surface area contributed by atoms with E-state index in [-0.39, 0.29) is 29.7 Å². The quantitative estimate of drug-likeness (QED) is 0.910. The van der Waals surface area contributed by atoms with Crippen molar-refractivity contribution in [2.45, 2.75) is 24.9 Å². The van der Waals surface area contributed by atoms with Crippen molar-refractivity contribution in [3.63, 3.8) is 0 Å². The molecule has 2 N–H and O–H groups in total. The number of carbonyl (C=O) groups excluding carboxylic acids is 2. The molecular formula is C17H16FN3O2. The van der Waals surface area contributed by atoms with Crippen molar-refractivity contribution in [3.8, 4) is 0 Å². The molecule has 1 aliphatic rings. The van der Waals surface area contributed by atoms with Gasteiger partial charge in [0.05, 0.1) is 17.6 Å². The number of hydrogen-bond donors (Lipinski definition) is 2. The van der Waals surface area contributed by atoms with Crippen LogP contribution >= 0.6 is 0 Å². The molecule has 1 saturated heterocycles. The number of aromatic nitrogens is 1. The van der Waals surface area contributed by atoms with Crippen molar-refractivity contribution in [3.05, 3.63) is 65.7 Å². The normalized spacial score (nSPS) is 20.7. The zero-order chi connectivity index (χ0) is 16.2. The molecule has 118 valence electrons. The van der Waals surface area contributed by atoms with Gasteiger partial charge in [-0.05, 0) is 36.2 Å². The number of hydrogen-bond acceptors (Lipinski definition) is 3. The van der Waals surface area contributed by atoms with Gasteiger partial charge in [0.1, 0.15) is 5.82 Å². The average molecular weight is 313 g/mol. The van der Waals surface area contributed by atoms with E-state index in [1.54, 1.807) is 30.5 Å². The Balaban J connectivity index is 1.79. The first-order valence-electron chi connectivity index (χ1n) is 7.39. The summed E-state index contributed by atoms with van der Waals surface area (Å²) < 4.78 is 13.1. The van der Waals surface area contributed by atoms with E-state index in [0.717, 1.165) is 5.56 Å². The van der Waals surface area contributed by atoms with Gasteiger partial charge in [0.15, 0.2) is 0 Å². The number of nitrogens with one attached hydrogen (secondary N) is 2. The lowest BCUT2D eigenvalue weighted by Crippen LogP contribution is -2.50. The van der Waals surface area contributed by atoms with Gasteiger partial charge in [-0.1, -0.05) is 12.1 Å². The fraction of sp³-hybridized carbons (Fsp3) is 0.235. The van der Waals surface area contributed by atoms with E-state index in [9.17, 15) is 14.0 Å². The molecular weight excluding hydrogens is 297 g/mol. The number of nitrogens with zero attached hydrogens (tertiary/aromatic N) is 1. The minimum atomic E-state index is -0.377. The number of halogens is 1. The molecule has 23 heavy (non-hydrogen) atoms. The molecule has 2 aromatic rings. The number of amides is 2. The van der Waals surface area contributed by atoms with Gasteiger partial charge in [-0.15, -0.1) is 0 Å². The highest BCUT2D eigenvalue weighted by Crippen LogP contribution is 2.24. The Morgan fingerprint density at radius 2 is 2.04 bits per heavy atom. The second kappa shape index (κ2) is 6.56. The number of rotatable bonds is 3. The predicted octanol–water partition coefficient (Wildman–Crippen LogP) is 1.97. The van der Waals surface area contributed by atoms with Gasteiger partial charge < -0.3 is 10.6 Å². The van der Waals surface area contributed by atoms with Gasteiger partial charge >= 0.3 is 0 Å². The van der Waals surface area contributed by atoms with Crippen LogP contribution in [0.1, 0.15) is 34.8 Å². The zero-order valence-electron chi connectivity index (χ0n) is 12.3. The molecule has 6 heteroatoms. The third-order valence-electron chi connectivity index (χ3n) is 3.87. The molecule has 1 aliphatic heterocycles. The first kappa shape index (κ1) is 15.1. The molecule has 2 unspecified atom stereocenters. The maximum Gasteiger partial charge on any atom is 0.253 e. The van der Waals surface area contributed by atoms with Gasteiger partial charge in [0.25, 0.3) is 5.91 Å². The first-order valence-corrected chi connectivity index (χ1v) is 7.39. The van der Waals surface area contributed by atoms with E-state index in [1.165, 1.54) is 18.3 Å². The van der Waals surface area contributed by atoms with Crippen LogP contribution in [0.4, 0.5) is 4.39 Å². The minimum Gasteiger partial charge on any atom is -0.347 e. The summed E-state index contributed by atoms with van der Waals surface area (Å²) in [5.41, 5.74) is 1.22. The molecule has 0 bridgehead atoms. The summed E-state index contributed by atoms with van der Waals surface area (Å²) in [5, 5.41) is 5.80. The van der Waals surface area contributed by atoms with Crippen LogP contribution < -0.4 is 10.6 Å². The molecule has 0 aliphatic carbocycles. The smallest absolute Gasteiger partial charge is 0.253 e. The fourth-order valence-electron chi connectivity index (χ4n) is 2.69. The Kier molecular flexibility index (Phi) is 4.32. The number of carbonyl (C=O) groups is 2. The average Bonchev–Trinajstić information content (AvgIpc) is 2.58. The third kappa shape index (κ3) is 3.53. The van der Waals surface area contributed by atoms with E-state index in [1.807, 2.05) is 0 Å². The Morgan fingerprint density at radius 3 is 2.74 bits per heavy atom. The molecule has 0 saturated carbocycles. The Bertz CT molecular complexity index is 704. The van der Waals surface area contributed by atoms with E-state index < -0.39 is 0 Å². The summed E-state index contributed by atoms with van der Waals surface area (Å²) in [7, 11) is 0. The van der Waals surface area contributed by atoms with Gasteiger partial charge in [-0.3, -0.25) is 14.6 Å². The zero-order valence-corrected chi connectivity index (χ0v) is 12.3. The van der Waals surface area contributed by atoms with Gasteiger partial charge in [0, 0.05) is 18.8 Å². The van der Waals surface area contributed by atoms with Crippen molar-refractivity contribution < 1.29 is 14.0 Å². The van der Waals surface area contributed by atoms with Gasteiger partial charge in [-0.25, -0.2) is 4.39 Å². The standard InChI is InChI=1S/C17H16FN3O2/c18-13-5-3-11(4-6-13)16-14(7-8-15(22)21-16)20-17(23)12-2-1-9-19-10-12/h1-6,9-10,14,16H,7-8H2,(H,20,23)(H,21,22). The second-order valence-electron chi connectivity index (χ2n) is 5.46. The van der Waals surface area contributed by atoms with Crippen molar-refractivity contribution >= 4 is 11.8 Å². The summed E-state index contributed by atoms with van der Waals surface area (Å²) in [6.07, 6.45) is 3.96. The first-order chi connectivity index (χ1) is 11.1. The largest absolute Gasteiger partial charge is 0.347 e. The summed E-state index contributed by atoms with van der Waals surface area (Å²) in [6, 6.07) is 8.66. The monoisotopic (exact) mass is 313 g/mol. The molecule has 2 heterocycles. The molecule has 5 nitrogen and oxygen atoms in total. The second-order valence-corrected chi connectivity index (χ2v) is 5.46. The summed E-state index contributed by atoms with van der Waals surface area (Å²) in [5.74, 6) is -0.663. The fourth-order valence-corrected chi connectivity index (χ4v) is 2.69. The lowest BCUT2D eigenvalue weighted by atomic mass is 9.91. The predicted molar refractivity (Wildman–Crippen MR) is 82.0 cm³/mol. The Labute approximate surface area is 132 Å². The van der Waals surface area contributed by atoms with Crippen molar-refractivity contribution in [1.29, 1.82) is 0 Å². The maximum absolute atomic E-state index is 13.1. The minimum absolute atomic E-state index is 0.0776. The number of benzene rings is 1. The Hall–Kier alpha value is -2.76. The molecule has 1 aromatic carbocycles. The van der Waals surface area contributed by atoms with Crippen LogP contribution in [-0.2, 0) is 4.79 Å². The van der Waals surface area contributed by atoms with Crippen LogP contribution in [0.2, 0.25) is 0 Å². The van der Waals surface area contributed by atoms with Crippen molar-refractivity contribution in [2.75, 3.05) is 0 Å². The van der Waals surface area contributed by atoms with Crippen molar-refractivity contribution in [1.82, 2.24) is 15.6 Å². The lowest BCUT2D eigenvalue weighted by molar-refractivity contribution is -0.123. The summed E-state index contributed by atoms with van der Waals surface area (Å²) >= 11 is 0. The number of piperidine rings is 1. The van der Waals surface area contributed by atoms with Crippen LogP contribution in [0, 0.1) is 5.82 Å². The van der Waals surface area contributed by atoms with E-state index in [4.69, 9.17) is 0 Å². The van der Waals surface area contributed by atoms with Crippen LogP contribution in [0.25, 0.3) is 0 Å². The molecule has 2 amide bonds. The molecule has 1 fully saturated rings. The van der Waals surface area contributed by atoms with Crippen LogP contribution in [0.15, 0.2) is 48.8 Å². The molecule has 1 aromatic heterocycles. The van der Waals surface area contributed by atoms with Crippen LogP contribution in [-0.4, -0.2) is 22.8 Å². The molecule has 2 atom stereocenters. The van der Waals surface area contributed by atoms with E-state index in [2.05, 4.69) is 15.6 Å². The lowest BCUT2D eigenvalue weighted by Gasteiger charge is -2.33. The van der Waals surface area contributed by atoms with Crippen LogP contribution in [0.5, 0.6) is 0 Å². The van der Waals surface area contributed by atoms with E-state index >= 15 is 0 Å². The highest BCUT2D eigenvalue weighted by Gasteiger charge is 2.31. The summed E-state index contributed by atoms with van der Waals surface area (Å²) in [4.78, 5) is 27.9. The number of pyridine rings is 1. The van der Waals surface area contributed by atoms with Gasteiger partial charge in [-0.2, -0.15) is 0 Å². The maximum atomic E-state index is 13.1. The third-order valence-corrected chi connectivity index (χ3v) is 3.87. The Morgan fingerprint density at radius 1 is 1.26 bits per heavy atom. The molecule has 0 spiro atoms. The topological polar surface area (TPSA) is 71.1 Å². The van der Waals surface area contributed by atoms with E-state index in [0.29, 0.717) is 18.4 Å². The molecule has 0 radical (unpaired) electrons.